The summed E-state index contributed by atoms with van der Waals surface area (Å²) >= 11 is 1.33. The molecule has 1 aromatic heterocycles. The van der Waals surface area contributed by atoms with Crippen LogP contribution in [0.2, 0.25) is 0 Å². The molecule has 1 unspecified atom stereocenters. The number of rotatable bonds is 10. The number of likely N-dealkylation sites (N-methyl/N-ethyl adjacent to an activating group) is 1. The minimum atomic E-state index is -3.44. The smallest absolute Gasteiger partial charge is 0.250 e. The van der Waals surface area contributed by atoms with Crippen LogP contribution in [0.5, 0.6) is 0 Å². The first kappa shape index (κ1) is 17.6. The number of hydrogen-bond acceptors (Lipinski definition) is 5. The highest BCUT2D eigenvalue weighted by Gasteiger charge is 2.21. The SMILES string of the molecule is CCCC(COC)NS(=O)(=O)c1ccc(CCNC)s1. The Labute approximate surface area is 125 Å². The monoisotopic (exact) mass is 320 g/mol. The zero-order chi connectivity index (χ0) is 15.0. The standard InChI is InChI=1S/C13H24N2O3S2/c1-4-5-11(10-18-3)15-20(16,17)13-7-6-12(19-13)8-9-14-2/h6-7,11,14-15H,4-5,8-10H2,1-3H3. The van der Waals surface area contributed by atoms with Crippen LogP contribution in [-0.4, -0.2) is 41.8 Å². The van der Waals surface area contributed by atoms with E-state index in [1.807, 2.05) is 20.0 Å². The van der Waals surface area contributed by atoms with Crippen molar-refractivity contribution >= 4 is 21.4 Å². The van der Waals surface area contributed by atoms with Crippen molar-refractivity contribution in [1.29, 1.82) is 0 Å². The van der Waals surface area contributed by atoms with Gasteiger partial charge in [0.15, 0.2) is 0 Å². The van der Waals surface area contributed by atoms with Crippen molar-refractivity contribution in [1.82, 2.24) is 10.0 Å². The minimum absolute atomic E-state index is 0.169. The number of sulfonamides is 1. The van der Waals surface area contributed by atoms with Gasteiger partial charge >= 0.3 is 0 Å². The number of methoxy groups -OCH3 is 1. The van der Waals surface area contributed by atoms with Crippen LogP contribution in [0.25, 0.3) is 0 Å². The largest absolute Gasteiger partial charge is 0.383 e. The Morgan fingerprint density at radius 1 is 1.40 bits per heavy atom. The maximum Gasteiger partial charge on any atom is 0.250 e. The van der Waals surface area contributed by atoms with Gasteiger partial charge in [-0.2, -0.15) is 0 Å². The van der Waals surface area contributed by atoms with E-state index in [-0.39, 0.29) is 6.04 Å². The molecule has 1 atom stereocenters. The zero-order valence-corrected chi connectivity index (χ0v) is 13.9. The maximum atomic E-state index is 12.3. The first-order valence-electron chi connectivity index (χ1n) is 6.78. The third-order valence-electron chi connectivity index (χ3n) is 2.85. The molecule has 0 saturated carbocycles. The molecule has 1 aromatic rings. The molecular weight excluding hydrogens is 296 g/mol. The van der Waals surface area contributed by atoms with Crippen LogP contribution in [-0.2, 0) is 21.2 Å². The van der Waals surface area contributed by atoms with Crippen LogP contribution < -0.4 is 10.0 Å². The van der Waals surface area contributed by atoms with Crippen molar-refractivity contribution in [2.45, 2.75) is 36.4 Å². The summed E-state index contributed by atoms with van der Waals surface area (Å²) < 4.78 is 32.8. The van der Waals surface area contributed by atoms with Crippen LogP contribution in [0.15, 0.2) is 16.3 Å². The number of hydrogen-bond donors (Lipinski definition) is 2. The van der Waals surface area contributed by atoms with E-state index in [2.05, 4.69) is 10.0 Å². The lowest BCUT2D eigenvalue weighted by Gasteiger charge is -2.16. The molecule has 0 saturated heterocycles. The molecule has 0 aliphatic heterocycles. The van der Waals surface area contributed by atoms with Gasteiger partial charge in [0.05, 0.1) is 6.61 Å². The first-order chi connectivity index (χ1) is 9.53. The summed E-state index contributed by atoms with van der Waals surface area (Å²) in [6.45, 7) is 3.26. The topological polar surface area (TPSA) is 67.4 Å². The van der Waals surface area contributed by atoms with Crippen LogP contribution in [0.1, 0.15) is 24.6 Å². The second kappa shape index (κ2) is 8.74. The number of thiophene rings is 1. The van der Waals surface area contributed by atoms with Gasteiger partial charge in [0.1, 0.15) is 4.21 Å². The fourth-order valence-electron chi connectivity index (χ4n) is 1.89. The average Bonchev–Trinajstić information content (AvgIpc) is 2.86. The number of nitrogens with one attached hydrogen (secondary N) is 2. The van der Waals surface area contributed by atoms with E-state index in [9.17, 15) is 8.42 Å². The van der Waals surface area contributed by atoms with Gasteiger partial charge in [-0.1, -0.05) is 13.3 Å². The van der Waals surface area contributed by atoms with Gasteiger partial charge in [-0.25, -0.2) is 13.1 Å². The second-order valence-electron chi connectivity index (χ2n) is 4.64. The Bertz CT molecular complexity index is 480. The summed E-state index contributed by atoms with van der Waals surface area (Å²) in [4.78, 5) is 1.07. The molecule has 0 aliphatic carbocycles. The fourth-order valence-corrected chi connectivity index (χ4v) is 4.52. The van der Waals surface area contributed by atoms with Crippen molar-refractivity contribution in [2.75, 3.05) is 27.3 Å². The maximum absolute atomic E-state index is 12.3. The van der Waals surface area contributed by atoms with Crippen molar-refractivity contribution < 1.29 is 13.2 Å². The minimum Gasteiger partial charge on any atom is -0.383 e. The van der Waals surface area contributed by atoms with Gasteiger partial charge in [0.2, 0.25) is 10.0 Å². The van der Waals surface area contributed by atoms with Gasteiger partial charge in [-0.05, 0) is 38.6 Å². The molecule has 0 radical (unpaired) electrons. The fraction of sp³-hybridized carbons (Fsp3) is 0.692. The van der Waals surface area contributed by atoms with Gasteiger partial charge in [-0.15, -0.1) is 11.3 Å². The van der Waals surface area contributed by atoms with Crippen LogP contribution in [0, 0.1) is 0 Å². The van der Waals surface area contributed by atoms with E-state index < -0.39 is 10.0 Å². The molecule has 0 bridgehead atoms. The molecule has 116 valence electrons. The molecule has 1 heterocycles. The average molecular weight is 320 g/mol. The molecule has 7 heteroatoms. The van der Waals surface area contributed by atoms with Gasteiger partial charge in [0, 0.05) is 18.0 Å². The first-order valence-corrected chi connectivity index (χ1v) is 9.08. The quantitative estimate of drug-likeness (QED) is 0.687. The molecule has 0 spiro atoms. The van der Waals surface area contributed by atoms with E-state index in [0.29, 0.717) is 10.8 Å². The molecule has 20 heavy (non-hydrogen) atoms. The van der Waals surface area contributed by atoms with Crippen LogP contribution in [0.3, 0.4) is 0 Å². The number of ether oxygens (including phenoxy) is 1. The van der Waals surface area contributed by atoms with Crippen LogP contribution >= 0.6 is 11.3 Å². The highest BCUT2D eigenvalue weighted by atomic mass is 32.2. The molecule has 0 amide bonds. The third-order valence-corrected chi connectivity index (χ3v) is 6.01. The summed E-state index contributed by atoms with van der Waals surface area (Å²) in [5.74, 6) is 0. The lowest BCUT2D eigenvalue weighted by atomic mass is 10.2. The molecule has 1 rings (SSSR count). The Hall–Kier alpha value is -0.470. The molecule has 5 nitrogen and oxygen atoms in total. The molecule has 0 aromatic carbocycles. The highest BCUT2D eigenvalue weighted by molar-refractivity contribution is 7.91. The summed E-state index contributed by atoms with van der Waals surface area (Å²) in [5.41, 5.74) is 0. The summed E-state index contributed by atoms with van der Waals surface area (Å²) in [6, 6.07) is 3.38. The molecule has 0 fully saturated rings. The second-order valence-corrected chi connectivity index (χ2v) is 7.75. The predicted molar refractivity (Wildman–Crippen MR) is 82.8 cm³/mol. The summed E-state index contributed by atoms with van der Waals surface area (Å²) in [7, 11) is 0.0232. The van der Waals surface area contributed by atoms with E-state index >= 15 is 0 Å². The molecule has 0 aliphatic rings. The normalized spacial score (nSPS) is 13.6. The van der Waals surface area contributed by atoms with E-state index in [4.69, 9.17) is 4.74 Å². The van der Waals surface area contributed by atoms with Crippen LogP contribution in [0.4, 0.5) is 0 Å². The Kier molecular flexibility index (Phi) is 7.68. The highest BCUT2D eigenvalue weighted by Crippen LogP contribution is 2.22. The Morgan fingerprint density at radius 2 is 2.15 bits per heavy atom. The van der Waals surface area contributed by atoms with Crippen molar-refractivity contribution in [3.63, 3.8) is 0 Å². The van der Waals surface area contributed by atoms with E-state index in [1.54, 1.807) is 13.2 Å². The van der Waals surface area contributed by atoms with Crippen molar-refractivity contribution in [3.05, 3.63) is 17.0 Å². The van der Waals surface area contributed by atoms with E-state index in [1.165, 1.54) is 11.3 Å². The van der Waals surface area contributed by atoms with Gasteiger partial charge in [-0.3, -0.25) is 0 Å². The summed E-state index contributed by atoms with van der Waals surface area (Å²) in [6.07, 6.45) is 2.52. The lowest BCUT2D eigenvalue weighted by Crippen LogP contribution is -2.37. The van der Waals surface area contributed by atoms with E-state index in [0.717, 1.165) is 30.7 Å². The Balaban J connectivity index is 2.73. The zero-order valence-electron chi connectivity index (χ0n) is 12.3. The Morgan fingerprint density at radius 3 is 2.75 bits per heavy atom. The third kappa shape index (κ3) is 5.49. The van der Waals surface area contributed by atoms with Gasteiger partial charge < -0.3 is 10.1 Å². The van der Waals surface area contributed by atoms with Gasteiger partial charge in [0.25, 0.3) is 0 Å². The lowest BCUT2D eigenvalue weighted by molar-refractivity contribution is 0.171. The molecular formula is C13H24N2O3S2. The predicted octanol–water partition coefficient (Wildman–Crippen LogP) is 1.60. The van der Waals surface area contributed by atoms with Crippen molar-refractivity contribution in [3.8, 4) is 0 Å². The summed E-state index contributed by atoms with van der Waals surface area (Å²) in [5, 5.41) is 3.05. The molecule has 2 N–H and O–H groups in total. The van der Waals surface area contributed by atoms with Crippen molar-refractivity contribution in [2.24, 2.45) is 0 Å².